The second-order valence-corrected chi connectivity index (χ2v) is 7.87. The predicted molar refractivity (Wildman–Crippen MR) is 138 cm³/mol. The highest BCUT2D eigenvalue weighted by atomic mass is 16.7. The van der Waals surface area contributed by atoms with Crippen LogP contribution in [0.4, 0.5) is 0 Å². The van der Waals surface area contributed by atoms with Crippen LogP contribution in [0.3, 0.4) is 0 Å². The van der Waals surface area contributed by atoms with Gasteiger partial charge in [0.15, 0.2) is 6.29 Å². The zero-order chi connectivity index (χ0) is 23.7. The fraction of sp³-hybridized carbons (Fsp3) is 0.0909. The minimum Gasteiger partial charge on any atom is -0.346 e. The van der Waals surface area contributed by atoms with Gasteiger partial charge in [-0.2, -0.15) is 0 Å². The monoisotopic (exact) mass is 450 g/mol. The third-order valence-corrected chi connectivity index (χ3v) is 5.47. The minimum atomic E-state index is -0.357. The van der Waals surface area contributed by atoms with E-state index in [-0.39, 0.29) is 6.29 Å². The Bertz CT molecular complexity index is 1510. The molecule has 1 fully saturated rings. The van der Waals surface area contributed by atoms with Crippen molar-refractivity contribution in [3.05, 3.63) is 142 Å². The van der Waals surface area contributed by atoms with E-state index in [9.17, 15) is 0 Å². The maximum atomic E-state index is 5.68. The summed E-state index contributed by atoms with van der Waals surface area (Å²) in [6.45, 7) is 1.20. The highest BCUT2D eigenvalue weighted by molar-refractivity contribution is 5.58. The summed E-state index contributed by atoms with van der Waals surface area (Å²) < 4.78 is 11.4. The first-order chi connectivity index (χ1) is 17.4. The molecular weight excluding hydrogens is 428 g/mol. The number of hydrogen-bond donors (Lipinski definition) is 0. The molecule has 0 aromatic heterocycles. The van der Waals surface area contributed by atoms with Crippen LogP contribution in [0.5, 0.6) is 0 Å². The summed E-state index contributed by atoms with van der Waals surface area (Å²) in [6.07, 6.45) is -0.357. The lowest BCUT2D eigenvalue weighted by atomic mass is 10.0. The average molecular weight is 451 g/mol. The molecule has 0 radical (unpaired) electrons. The fourth-order valence-electron chi connectivity index (χ4n) is 3.69. The average Bonchev–Trinajstić information content (AvgIpc) is 3.46. The van der Waals surface area contributed by atoms with E-state index in [4.69, 9.17) is 9.47 Å². The second kappa shape index (κ2) is 11.1. The fourth-order valence-corrected chi connectivity index (χ4v) is 3.69. The molecule has 35 heavy (non-hydrogen) atoms. The molecule has 5 rings (SSSR count). The molecule has 0 N–H and O–H groups in total. The molecule has 1 saturated heterocycles. The number of rotatable bonds is 1. The van der Waals surface area contributed by atoms with E-state index in [1.54, 1.807) is 0 Å². The molecule has 1 heterocycles. The molecule has 2 nitrogen and oxygen atoms in total. The standard InChI is InChI=1S/C33H22O2/c1-2-10-26(11-3-1)18-19-27-12-4-5-13-28(27)20-21-29-14-6-7-15-30(29)22-23-31-16-8-9-17-32(31)33-34-24-25-35-33/h1-17,33H,24-25H2. The van der Waals surface area contributed by atoms with Crippen molar-refractivity contribution < 1.29 is 9.47 Å². The predicted octanol–water partition coefficient (Wildman–Crippen LogP) is 5.93. The van der Waals surface area contributed by atoms with Gasteiger partial charge in [0.05, 0.1) is 13.2 Å². The highest BCUT2D eigenvalue weighted by Gasteiger charge is 2.20. The van der Waals surface area contributed by atoms with Gasteiger partial charge in [0.25, 0.3) is 0 Å². The molecule has 0 amide bonds. The second-order valence-electron chi connectivity index (χ2n) is 7.87. The molecule has 166 valence electrons. The molecule has 0 spiro atoms. The Morgan fingerprint density at radius 1 is 0.429 bits per heavy atom. The Balaban J connectivity index is 1.44. The lowest BCUT2D eigenvalue weighted by Gasteiger charge is -2.10. The van der Waals surface area contributed by atoms with Crippen LogP contribution in [-0.4, -0.2) is 13.2 Å². The van der Waals surface area contributed by atoms with E-state index >= 15 is 0 Å². The summed E-state index contributed by atoms with van der Waals surface area (Å²) in [5.74, 6) is 19.7. The Morgan fingerprint density at radius 2 is 0.829 bits per heavy atom. The molecule has 0 saturated carbocycles. The quantitative estimate of drug-likeness (QED) is 0.335. The first kappa shape index (κ1) is 22.3. The SMILES string of the molecule is C(#Cc1ccccc1C#Cc1ccccc1C#Cc1ccccc1C1OCCO1)c1ccccc1. The van der Waals surface area contributed by atoms with E-state index < -0.39 is 0 Å². The van der Waals surface area contributed by atoms with Gasteiger partial charge in [-0.3, -0.25) is 0 Å². The van der Waals surface area contributed by atoms with Crippen molar-refractivity contribution in [1.82, 2.24) is 0 Å². The van der Waals surface area contributed by atoms with Crippen molar-refractivity contribution in [2.75, 3.05) is 13.2 Å². The largest absolute Gasteiger partial charge is 0.346 e. The third-order valence-electron chi connectivity index (χ3n) is 5.47. The zero-order valence-electron chi connectivity index (χ0n) is 19.1. The van der Waals surface area contributed by atoms with Gasteiger partial charge in [0.2, 0.25) is 0 Å². The summed E-state index contributed by atoms with van der Waals surface area (Å²) in [5.41, 5.74) is 6.35. The van der Waals surface area contributed by atoms with Crippen LogP contribution in [0, 0.1) is 35.5 Å². The third kappa shape index (κ3) is 5.70. The first-order valence-electron chi connectivity index (χ1n) is 11.5. The van der Waals surface area contributed by atoms with Gasteiger partial charge in [-0.05, 0) is 42.5 Å². The summed E-state index contributed by atoms with van der Waals surface area (Å²) in [7, 11) is 0. The molecule has 2 heteroatoms. The molecule has 0 unspecified atom stereocenters. The zero-order valence-corrected chi connectivity index (χ0v) is 19.1. The van der Waals surface area contributed by atoms with Crippen LogP contribution in [-0.2, 0) is 9.47 Å². The maximum absolute atomic E-state index is 5.68. The number of ether oxygens (including phenoxy) is 2. The van der Waals surface area contributed by atoms with E-state index in [2.05, 4.69) is 35.5 Å². The van der Waals surface area contributed by atoms with Gasteiger partial charge in [0.1, 0.15) is 0 Å². The smallest absolute Gasteiger partial charge is 0.185 e. The van der Waals surface area contributed by atoms with E-state index in [1.165, 1.54) is 0 Å². The lowest BCUT2D eigenvalue weighted by molar-refractivity contribution is -0.0442. The summed E-state index contributed by atoms with van der Waals surface area (Å²) in [6, 6.07) is 33.8. The van der Waals surface area contributed by atoms with Crippen LogP contribution >= 0.6 is 0 Å². The lowest BCUT2D eigenvalue weighted by Crippen LogP contribution is -2.00. The van der Waals surface area contributed by atoms with Gasteiger partial charge in [-0.25, -0.2) is 0 Å². The first-order valence-corrected chi connectivity index (χ1v) is 11.5. The highest BCUT2D eigenvalue weighted by Crippen LogP contribution is 2.25. The van der Waals surface area contributed by atoms with E-state index in [1.807, 2.05) is 103 Å². The molecule has 0 atom stereocenters. The number of benzene rings is 4. The van der Waals surface area contributed by atoms with Crippen LogP contribution in [0.1, 0.15) is 45.2 Å². The van der Waals surface area contributed by atoms with E-state index in [0.29, 0.717) is 13.2 Å². The Morgan fingerprint density at radius 3 is 1.37 bits per heavy atom. The van der Waals surface area contributed by atoms with Crippen molar-refractivity contribution in [2.45, 2.75) is 6.29 Å². The minimum absolute atomic E-state index is 0.357. The van der Waals surface area contributed by atoms with Gasteiger partial charge >= 0.3 is 0 Å². The van der Waals surface area contributed by atoms with Crippen LogP contribution < -0.4 is 0 Å². The van der Waals surface area contributed by atoms with Gasteiger partial charge < -0.3 is 9.47 Å². The molecule has 0 aliphatic carbocycles. The van der Waals surface area contributed by atoms with Crippen LogP contribution in [0.15, 0.2) is 103 Å². The molecule has 4 aromatic carbocycles. The molecule has 1 aliphatic rings. The normalized spacial score (nSPS) is 12.5. The molecular formula is C33H22O2. The van der Waals surface area contributed by atoms with Crippen molar-refractivity contribution in [3.8, 4) is 35.5 Å². The topological polar surface area (TPSA) is 18.5 Å². The number of hydrogen-bond acceptors (Lipinski definition) is 2. The maximum Gasteiger partial charge on any atom is 0.185 e. The molecule has 1 aliphatic heterocycles. The van der Waals surface area contributed by atoms with Crippen molar-refractivity contribution >= 4 is 0 Å². The Labute approximate surface area is 206 Å². The van der Waals surface area contributed by atoms with Gasteiger partial charge in [-0.1, -0.05) is 96.2 Å². The van der Waals surface area contributed by atoms with Gasteiger partial charge in [0, 0.05) is 38.9 Å². The van der Waals surface area contributed by atoms with Crippen molar-refractivity contribution in [2.24, 2.45) is 0 Å². The van der Waals surface area contributed by atoms with Crippen molar-refractivity contribution in [3.63, 3.8) is 0 Å². The van der Waals surface area contributed by atoms with Crippen LogP contribution in [0.25, 0.3) is 0 Å². The van der Waals surface area contributed by atoms with Gasteiger partial charge in [-0.15, -0.1) is 0 Å². The molecule has 0 bridgehead atoms. The Kier molecular flexibility index (Phi) is 7.05. The molecule has 4 aromatic rings. The Hall–Kier alpha value is -4.52. The van der Waals surface area contributed by atoms with Crippen LogP contribution in [0.2, 0.25) is 0 Å². The summed E-state index contributed by atoms with van der Waals surface area (Å²) >= 11 is 0. The summed E-state index contributed by atoms with van der Waals surface area (Å²) in [5, 5.41) is 0. The van der Waals surface area contributed by atoms with Crippen molar-refractivity contribution in [1.29, 1.82) is 0 Å². The summed E-state index contributed by atoms with van der Waals surface area (Å²) in [4.78, 5) is 0. The van der Waals surface area contributed by atoms with E-state index in [0.717, 1.165) is 38.9 Å².